The summed E-state index contributed by atoms with van der Waals surface area (Å²) in [6.07, 6.45) is -2.01. The number of rotatable bonds is 8. The third kappa shape index (κ3) is 4.14. The number of ether oxygens (including phenoxy) is 3. The summed E-state index contributed by atoms with van der Waals surface area (Å²) >= 11 is 6.01. The Labute approximate surface area is 181 Å². The van der Waals surface area contributed by atoms with Crippen molar-refractivity contribution in [3.8, 4) is 11.5 Å². The monoisotopic (exact) mass is 453 g/mol. The number of nitrogens with zero attached hydrogens (tertiary/aromatic N) is 1. The quantitative estimate of drug-likeness (QED) is 0.331. The molecule has 0 aromatic heterocycles. The molecule has 10 heteroatoms. The molecular weight excluding hydrogens is 436 g/mol. The number of fused-ring (bicyclic) bond motifs is 3. The Morgan fingerprint density at radius 2 is 2.06 bits per heavy atom. The molecule has 164 valence electrons. The van der Waals surface area contributed by atoms with Crippen LogP contribution in [0.3, 0.4) is 0 Å². The van der Waals surface area contributed by atoms with Crippen LogP contribution in [0.15, 0.2) is 30.3 Å². The topological polar surface area (TPSA) is 87.9 Å². The van der Waals surface area contributed by atoms with E-state index in [1.165, 1.54) is 13.2 Å². The van der Waals surface area contributed by atoms with E-state index in [2.05, 4.69) is 0 Å². The van der Waals surface area contributed by atoms with Crippen molar-refractivity contribution < 1.29 is 32.7 Å². The van der Waals surface area contributed by atoms with E-state index in [0.717, 1.165) is 23.6 Å². The number of halogens is 3. The van der Waals surface area contributed by atoms with Gasteiger partial charge in [0.05, 0.1) is 29.6 Å². The van der Waals surface area contributed by atoms with Crippen LogP contribution in [0.1, 0.15) is 22.6 Å². The Morgan fingerprint density at radius 1 is 1.29 bits per heavy atom. The zero-order valence-corrected chi connectivity index (χ0v) is 17.1. The highest BCUT2D eigenvalue weighted by Crippen LogP contribution is 2.62. The largest absolute Gasteiger partial charge is 0.493 e. The van der Waals surface area contributed by atoms with Crippen molar-refractivity contribution in [1.82, 2.24) is 0 Å². The molecule has 7 nitrogen and oxygen atoms in total. The van der Waals surface area contributed by atoms with E-state index in [1.807, 2.05) is 12.1 Å². The number of esters is 1. The van der Waals surface area contributed by atoms with E-state index >= 15 is 0 Å². The Hall–Kier alpha value is -2.94. The summed E-state index contributed by atoms with van der Waals surface area (Å²) in [5.41, 5.74) is 1.89. The lowest BCUT2D eigenvalue weighted by Crippen LogP contribution is -2.12. The van der Waals surface area contributed by atoms with E-state index in [1.54, 1.807) is 6.07 Å². The minimum Gasteiger partial charge on any atom is -0.493 e. The first-order valence-electron chi connectivity index (χ1n) is 9.51. The first kappa shape index (κ1) is 21.3. The highest BCUT2D eigenvalue weighted by atomic mass is 35.5. The second-order valence-electron chi connectivity index (χ2n) is 7.46. The van der Waals surface area contributed by atoms with Crippen molar-refractivity contribution in [2.45, 2.75) is 25.4 Å². The molecule has 0 N–H and O–H groups in total. The Balaban J connectivity index is 1.46. The van der Waals surface area contributed by atoms with Gasteiger partial charge in [-0.15, -0.1) is 0 Å². The Kier molecular flexibility index (Phi) is 5.70. The van der Waals surface area contributed by atoms with Gasteiger partial charge in [-0.2, -0.15) is 0 Å². The highest BCUT2D eigenvalue weighted by Gasteiger charge is 2.60. The van der Waals surface area contributed by atoms with Gasteiger partial charge in [0.25, 0.3) is 12.1 Å². The van der Waals surface area contributed by atoms with E-state index in [4.69, 9.17) is 25.8 Å². The van der Waals surface area contributed by atoms with Crippen molar-refractivity contribution in [2.75, 3.05) is 13.7 Å². The molecule has 1 saturated carbocycles. The van der Waals surface area contributed by atoms with Crippen molar-refractivity contribution >= 4 is 23.3 Å². The van der Waals surface area contributed by atoms with Gasteiger partial charge < -0.3 is 14.2 Å². The van der Waals surface area contributed by atoms with Crippen molar-refractivity contribution in [3.63, 3.8) is 0 Å². The minimum atomic E-state index is -2.75. The number of carbonyl (C=O) groups excluding carboxylic acids is 1. The van der Waals surface area contributed by atoms with Crippen LogP contribution in [-0.4, -0.2) is 31.0 Å². The van der Waals surface area contributed by atoms with Gasteiger partial charge in [0.2, 0.25) is 0 Å². The average Bonchev–Trinajstić information content (AvgIpc) is 3.31. The molecule has 4 rings (SSSR count). The normalized spacial score (nSPS) is 20.7. The molecule has 0 radical (unpaired) electrons. The summed E-state index contributed by atoms with van der Waals surface area (Å²) in [6, 6.07) is 7.87. The Bertz CT molecular complexity index is 1050. The predicted molar refractivity (Wildman–Crippen MR) is 106 cm³/mol. The van der Waals surface area contributed by atoms with Crippen LogP contribution in [0.4, 0.5) is 14.5 Å². The molecule has 31 heavy (non-hydrogen) atoms. The van der Waals surface area contributed by atoms with Crippen LogP contribution in [-0.2, 0) is 22.6 Å². The van der Waals surface area contributed by atoms with E-state index in [9.17, 15) is 23.7 Å². The first-order valence-corrected chi connectivity index (χ1v) is 9.89. The molecule has 0 amide bonds. The number of carbonyl (C=O) groups is 1. The summed E-state index contributed by atoms with van der Waals surface area (Å²) in [6.45, 7) is -1.27. The van der Waals surface area contributed by atoms with E-state index < -0.39 is 29.6 Å². The number of nitro groups is 1. The van der Waals surface area contributed by atoms with Gasteiger partial charge >= 0.3 is 5.97 Å². The fraction of sp³-hybridized carbons (Fsp3) is 0.381. The summed E-state index contributed by atoms with van der Waals surface area (Å²) in [5, 5.41) is 12.1. The summed E-state index contributed by atoms with van der Waals surface area (Å²) in [4.78, 5) is 23.3. The van der Waals surface area contributed by atoms with Gasteiger partial charge in [0.15, 0.2) is 11.5 Å². The smallest absolute Gasteiger partial charge is 0.310 e. The van der Waals surface area contributed by atoms with Gasteiger partial charge in [-0.05, 0) is 41.7 Å². The molecule has 0 heterocycles. The fourth-order valence-electron chi connectivity index (χ4n) is 4.25. The third-order valence-electron chi connectivity index (χ3n) is 5.66. The van der Waals surface area contributed by atoms with Crippen LogP contribution >= 0.6 is 11.6 Å². The molecular formula is C21H18ClF2NO6. The molecule has 1 fully saturated rings. The van der Waals surface area contributed by atoms with Crippen molar-refractivity contribution in [1.29, 1.82) is 0 Å². The number of benzene rings is 2. The molecule has 2 aromatic rings. The predicted octanol–water partition coefficient (Wildman–Crippen LogP) is 4.53. The molecule has 3 unspecified atom stereocenters. The standard InChI is InChI=1S/C21H18ClF2NO6/c1-29-16-6-11(15(25(27)28)7-17(16)30-9-18(23)24)8-31-21(26)20-14-5-10-4-12(22)2-3-13(10)19(14)20/h2-4,6-7,14,18-20H,5,8-9H2,1H3. The summed E-state index contributed by atoms with van der Waals surface area (Å²) in [7, 11) is 1.28. The van der Waals surface area contributed by atoms with Crippen LogP contribution in [0.5, 0.6) is 11.5 Å². The van der Waals surface area contributed by atoms with Crippen LogP contribution in [0.2, 0.25) is 5.02 Å². The molecule has 0 saturated heterocycles. The fourth-order valence-corrected chi connectivity index (χ4v) is 4.45. The lowest BCUT2D eigenvalue weighted by atomic mass is 10.0. The van der Waals surface area contributed by atoms with Crippen LogP contribution < -0.4 is 9.47 Å². The van der Waals surface area contributed by atoms with Gasteiger partial charge in [-0.3, -0.25) is 14.9 Å². The van der Waals surface area contributed by atoms with Gasteiger partial charge in [-0.1, -0.05) is 17.7 Å². The molecule has 3 atom stereocenters. The maximum Gasteiger partial charge on any atom is 0.310 e. The second-order valence-corrected chi connectivity index (χ2v) is 7.90. The summed E-state index contributed by atoms with van der Waals surface area (Å²) < 4.78 is 40.2. The second kappa shape index (κ2) is 8.30. The Morgan fingerprint density at radius 3 is 2.74 bits per heavy atom. The third-order valence-corrected chi connectivity index (χ3v) is 5.89. The van der Waals surface area contributed by atoms with Crippen molar-refractivity contribution in [2.24, 2.45) is 11.8 Å². The number of alkyl halides is 2. The molecule has 2 aliphatic rings. The van der Waals surface area contributed by atoms with Crippen LogP contribution in [0.25, 0.3) is 0 Å². The van der Waals surface area contributed by atoms with Crippen molar-refractivity contribution in [3.05, 3.63) is 62.2 Å². The molecule has 2 aliphatic carbocycles. The number of hydrogen-bond donors (Lipinski definition) is 0. The molecule has 0 spiro atoms. The zero-order chi connectivity index (χ0) is 22.3. The number of hydrogen-bond acceptors (Lipinski definition) is 6. The maximum atomic E-state index is 12.6. The maximum absolute atomic E-state index is 12.6. The zero-order valence-electron chi connectivity index (χ0n) is 16.3. The average molecular weight is 454 g/mol. The number of nitro benzene ring substituents is 1. The van der Waals surface area contributed by atoms with E-state index in [0.29, 0.717) is 5.02 Å². The van der Waals surface area contributed by atoms with Gasteiger partial charge in [0.1, 0.15) is 13.2 Å². The van der Waals surface area contributed by atoms with E-state index in [-0.39, 0.29) is 41.4 Å². The lowest BCUT2D eigenvalue weighted by Gasteiger charge is -2.13. The number of methoxy groups -OCH3 is 1. The minimum absolute atomic E-state index is 0.0337. The van der Waals surface area contributed by atoms with Crippen LogP contribution in [0, 0.1) is 22.0 Å². The SMILES string of the molecule is COc1cc(COC(=O)C2C3Cc4cc(Cl)ccc4C32)c([N+](=O)[O-])cc1OCC(F)F. The van der Waals surface area contributed by atoms with Gasteiger partial charge in [-0.25, -0.2) is 8.78 Å². The molecule has 0 aliphatic heterocycles. The lowest BCUT2D eigenvalue weighted by molar-refractivity contribution is -0.386. The first-order chi connectivity index (χ1) is 14.8. The summed E-state index contributed by atoms with van der Waals surface area (Å²) in [5.74, 6) is -0.641. The molecule has 2 aromatic carbocycles. The van der Waals surface area contributed by atoms with Gasteiger partial charge in [0, 0.05) is 10.9 Å². The highest BCUT2D eigenvalue weighted by molar-refractivity contribution is 6.30. The molecule has 0 bridgehead atoms.